The lowest BCUT2D eigenvalue weighted by Crippen LogP contribution is -2.50. The molecule has 0 saturated carbocycles. The number of rotatable bonds is 34. The van der Waals surface area contributed by atoms with Crippen LogP contribution in [0.4, 0.5) is 0 Å². The number of hydrogen-bond donors (Lipinski definition) is 1. The zero-order chi connectivity index (χ0) is 34.3. The molecule has 0 aromatic heterocycles. The first-order valence-electron chi connectivity index (χ1n) is 19.1. The lowest BCUT2D eigenvalue weighted by Gasteiger charge is -2.31. The Hall–Kier alpha value is -1.67. The van der Waals surface area contributed by atoms with Crippen LogP contribution in [0.2, 0.25) is 0 Å². The van der Waals surface area contributed by atoms with Crippen molar-refractivity contribution in [3.63, 3.8) is 0 Å². The second-order valence-corrected chi connectivity index (χ2v) is 14.2. The average molecular weight is 657 g/mol. The van der Waals surface area contributed by atoms with Crippen molar-refractivity contribution in [2.45, 2.75) is 187 Å². The first-order chi connectivity index (χ1) is 22.1. The summed E-state index contributed by atoms with van der Waals surface area (Å²) in [5.41, 5.74) is 0. The predicted octanol–water partition coefficient (Wildman–Crippen LogP) is 9.41. The molecular formula is C38H74NO7+. The molecule has 0 radical (unpaired) electrons. The summed E-state index contributed by atoms with van der Waals surface area (Å²) < 4.78 is 17.2. The lowest BCUT2D eigenvalue weighted by atomic mass is 10.0. The number of carbonyl (C=O) groups excluding carboxylic acids is 2. The Bertz CT molecular complexity index is 737. The van der Waals surface area contributed by atoms with Crippen molar-refractivity contribution in [1.29, 1.82) is 0 Å². The molecule has 0 aliphatic heterocycles. The van der Waals surface area contributed by atoms with E-state index in [1.807, 2.05) is 21.1 Å². The SMILES string of the molecule is CCCCCCCCCCCCCCCC(=O)OCC(COCCC(C(=O)O)[N+](C)(C)C)OC(=O)CCCCCCCCCCC. The second-order valence-electron chi connectivity index (χ2n) is 14.2. The molecule has 0 aliphatic carbocycles. The van der Waals surface area contributed by atoms with Gasteiger partial charge in [0.15, 0.2) is 12.1 Å². The number of carboxylic acid groups (broad SMARTS) is 1. The molecule has 0 aliphatic rings. The Morgan fingerprint density at radius 3 is 1.35 bits per heavy atom. The van der Waals surface area contributed by atoms with E-state index >= 15 is 0 Å². The summed E-state index contributed by atoms with van der Waals surface area (Å²) in [5, 5.41) is 9.56. The first-order valence-corrected chi connectivity index (χ1v) is 19.1. The number of unbranched alkanes of at least 4 members (excludes halogenated alkanes) is 20. The Morgan fingerprint density at radius 1 is 0.565 bits per heavy atom. The van der Waals surface area contributed by atoms with Crippen molar-refractivity contribution in [2.75, 3.05) is 41.0 Å². The van der Waals surface area contributed by atoms with Gasteiger partial charge in [-0.05, 0) is 12.8 Å². The van der Waals surface area contributed by atoms with Crippen LogP contribution in [-0.2, 0) is 28.6 Å². The molecule has 272 valence electrons. The standard InChI is InChI=1S/C38H73NO7/c1-6-8-10-12-14-16-17-18-19-21-22-24-26-28-36(40)45-33-34(32-44-31-30-35(38(42)43)39(3,4)5)46-37(41)29-27-25-23-20-15-13-11-9-7-2/h34-35H,6-33H2,1-5H3/p+1. The van der Waals surface area contributed by atoms with Crippen molar-refractivity contribution in [3.8, 4) is 0 Å². The molecule has 46 heavy (non-hydrogen) atoms. The summed E-state index contributed by atoms with van der Waals surface area (Å²) in [6.07, 6.45) is 27.1. The van der Waals surface area contributed by atoms with Gasteiger partial charge in [0.2, 0.25) is 0 Å². The third-order valence-corrected chi connectivity index (χ3v) is 8.76. The van der Waals surface area contributed by atoms with E-state index in [0.717, 1.165) is 38.5 Å². The Balaban J connectivity index is 4.37. The van der Waals surface area contributed by atoms with E-state index in [1.54, 1.807) is 0 Å². The third-order valence-electron chi connectivity index (χ3n) is 8.76. The van der Waals surface area contributed by atoms with E-state index in [9.17, 15) is 19.5 Å². The van der Waals surface area contributed by atoms with Gasteiger partial charge < -0.3 is 23.8 Å². The van der Waals surface area contributed by atoms with Gasteiger partial charge in [-0.1, -0.05) is 142 Å². The molecule has 8 nitrogen and oxygen atoms in total. The quantitative estimate of drug-likeness (QED) is 0.0418. The van der Waals surface area contributed by atoms with Gasteiger partial charge in [-0.3, -0.25) is 9.59 Å². The van der Waals surface area contributed by atoms with Crippen LogP contribution < -0.4 is 0 Å². The van der Waals surface area contributed by atoms with Gasteiger partial charge in [0.05, 0.1) is 34.4 Å². The topological polar surface area (TPSA) is 99.1 Å². The zero-order valence-corrected chi connectivity index (χ0v) is 30.8. The molecule has 2 unspecified atom stereocenters. The van der Waals surface area contributed by atoms with Gasteiger partial charge in [0, 0.05) is 19.3 Å². The van der Waals surface area contributed by atoms with E-state index in [4.69, 9.17) is 14.2 Å². The van der Waals surface area contributed by atoms with Crippen LogP contribution in [0.25, 0.3) is 0 Å². The molecule has 0 spiro atoms. The monoisotopic (exact) mass is 657 g/mol. The van der Waals surface area contributed by atoms with E-state index in [1.165, 1.54) is 103 Å². The summed E-state index contributed by atoms with van der Waals surface area (Å²) in [7, 11) is 5.52. The maximum absolute atomic E-state index is 12.6. The molecule has 0 heterocycles. The van der Waals surface area contributed by atoms with Gasteiger partial charge in [-0.2, -0.15) is 0 Å². The second kappa shape index (κ2) is 30.7. The molecule has 0 fully saturated rings. The van der Waals surface area contributed by atoms with Crippen LogP contribution >= 0.6 is 0 Å². The Kier molecular flexibility index (Phi) is 29.5. The number of quaternary nitrogens is 1. The van der Waals surface area contributed by atoms with Crippen molar-refractivity contribution in [2.24, 2.45) is 0 Å². The maximum atomic E-state index is 12.6. The average Bonchev–Trinajstić information content (AvgIpc) is 3.00. The molecule has 8 heteroatoms. The zero-order valence-electron chi connectivity index (χ0n) is 30.8. The summed E-state index contributed by atoms with van der Waals surface area (Å²) in [6, 6.07) is -0.606. The van der Waals surface area contributed by atoms with Gasteiger partial charge in [0.25, 0.3) is 0 Å². The molecule has 0 aromatic carbocycles. The fourth-order valence-corrected chi connectivity index (χ4v) is 5.74. The van der Waals surface area contributed by atoms with Crippen molar-refractivity contribution >= 4 is 17.9 Å². The molecule has 0 amide bonds. The molecular weight excluding hydrogens is 582 g/mol. The molecule has 0 saturated heterocycles. The Morgan fingerprint density at radius 2 is 0.957 bits per heavy atom. The highest BCUT2D eigenvalue weighted by molar-refractivity contribution is 5.72. The summed E-state index contributed by atoms with van der Waals surface area (Å²) in [5.74, 6) is -1.46. The number of carboxylic acids is 1. The normalized spacial score (nSPS) is 13.0. The lowest BCUT2D eigenvalue weighted by molar-refractivity contribution is -0.887. The number of hydrogen-bond acceptors (Lipinski definition) is 6. The van der Waals surface area contributed by atoms with Crippen LogP contribution in [0, 0.1) is 0 Å². The molecule has 0 aromatic rings. The summed E-state index contributed by atoms with van der Waals surface area (Å²) in [4.78, 5) is 36.7. The van der Waals surface area contributed by atoms with Crippen molar-refractivity contribution in [3.05, 3.63) is 0 Å². The van der Waals surface area contributed by atoms with E-state index in [-0.39, 0.29) is 36.2 Å². The summed E-state index contributed by atoms with van der Waals surface area (Å²) in [6.45, 7) is 4.72. The number of esters is 2. The fourth-order valence-electron chi connectivity index (χ4n) is 5.74. The predicted molar refractivity (Wildman–Crippen MR) is 188 cm³/mol. The van der Waals surface area contributed by atoms with Crippen molar-refractivity contribution in [1.82, 2.24) is 0 Å². The number of nitrogens with zero attached hydrogens (tertiary/aromatic N) is 1. The minimum Gasteiger partial charge on any atom is -0.477 e. The van der Waals surface area contributed by atoms with Crippen LogP contribution in [0.15, 0.2) is 0 Å². The number of ether oxygens (including phenoxy) is 3. The van der Waals surface area contributed by atoms with E-state index in [0.29, 0.717) is 19.3 Å². The van der Waals surface area contributed by atoms with E-state index in [2.05, 4.69) is 13.8 Å². The van der Waals surface area contributed by atoms with Gasteiger partial charge in [-0.25, -0.2) is 4.79 Å². The number of carbonyl (C=O) groups is 3. The fraction of sp³-hybridized carbons (Fsp3) is 0.921. The van der Waals surface area contributed by atoms with Crippen LogP contribution in [0.3, 0.4) is 0 Å². The van der Waals surface area contributed by atoms with Crippen LogP contribution in [0.1, 0.15) is 174 Å². The molecule has 0 bridgehead atoms. The van der Waals surface area contributed by atoms with Gasteiger partial charge in [0.1, 0.15) is 6.61 Å². The number of likely N-dealkylation sites (N-methyl/N-ethyl adjacent to an activating group) is 1. The largest absolute Gasteiger partial charge is 0.477 e. The smallest absolute Gasteiger partial charge is 0.362 e. The third kappa shape index (κ3) is 28.5. The molecule has 1 N–H and O–H groups in total. The van der Waals surface area contributed by atoms with E-state index < -0.39 is 18.1 Å². The highest BCUT2D eigenvalue weighted by atomic mass is 16.6. The minimum atomic E-state index is -0.873. The van der Waals surface area contributed by atoms with Crippen molar-refractivity contribution < 1.29 is 38.2 Å². The maximum Gasteiger partial charge on any atom is 0.362 e. The first kappa shape index (κ1) is 44.3. The Labute approximate surface area is 283 Å². The van der Waals surface area contributed by atoms with Gasteiger partial charge in [-0.15, -0.1) is 0 Å². The highest BCUT2D eigenvalue weighted by Gasteiger charge is 2.31. The van der Waals surface area contributed by atoms with Gasteiger partial charge >= 0.3 is 17.9 Å². The highest BCUT2D eigenvalue weighted by Crippen LogP contribution is 2.15. The summed E-state index contributed by atoms with van der Waals surface area (Å²) >= 11 is 0. The molecule has 0 rings (SSSR count). The number of aliphatic carboxylic acids is 1. The van der Waals surface area contributed by atoms with Crippen LogP contribution in [-0.4, -0.2) is 80.6 Å². The van der Waals surface area contributed by atoms with Crippen LogP contribution in [0.5, 0.6) is 0 Å². The minimum absolute atomic E-state index is 0.0432. The molecule has 2 atom stereocenters.